The van der Waals surface area contributed by atoms with Crippen molar-refractivity contribution in [2.24, 2.45) is 28.7 Å². The molecule has 0 aliphatic carbocycles. The molecule has 0 aliphatic heterocycles. The maximum Gasteiger partial charge on any atom is 0.135 e. The van der Waals surface area contributed by atoms with Gasteiger partial charge in [-0.2, -0.15) is 4.90 Å². The summed E-state index contributed by atoms with van der Waals surface area (Å²) in [6.45, 7) is 6.38. The Labute approximate surface area is 112 Å². The topological polar surface area (TPSA) is 136 Å². The van der Waals surface area contributed by atoms with E-state index in [9.17, 15) is 0 Å². The average molecular weight is 262 g/mol. The summed E-state index contributed by atoms with van der Waals surface area (Å²) in [5, 5.41) is 0. The van der Waals surface area contributed by atoms with Gasteiger partial charge in [-0.05, 0) is 25.9 Å². The van der Waals surface area contributed by atoms with E-state index in [4.69, 9.17) is 28.7 Å². The molecule has 0 unspecified atom stereocenters. The van der Waals surface area contributed by atoms with Gasteiger partial charge in [-0.1, -0.05) is 12.8 Å². The average Bonchev–Trinajstić information content (AvgIpc) is 2.37. The van der Waals surface area contributed by atoms with Crippen molar-refractivity contribution >= 4 is 0 Å². The van der Waals surface area contributed by atoms with Crippen molar-refractivity contribution in [1.82, 2.24) is 4.90 Å². The van der Waals surface area contributed by atoms with E-state index in [2.05, 4.69) is 4.90 Å². The molecule has 10 N–H and O–H groups in total. The molecule has 0 aliphatic rings. The first-order valence-electron chi connectivity index (χ1n) is 6.99. The fourth-order valence-electron chi connectivity index (χ4n) is 1.53. The van der Waals surface area contributed by atoms with Gasteiger partial charge in [0.2, 0.25) is 0 Å². The van der Waals surface area contributed by atoms with Crippen LogP contribution in [0.4, 0.5) is 0 Å². The Hall–Kier alpha value is -0.240. The molecule has 0 aromatic carbocycles. The minimum atomic E-state index is 0.681. The minimum absolute atomic E-state index is 0.681. The number of hydrogen-bond acceptors (Lipinski definition) is 6. The Bertz CT molecular complexity index is 113. The summed E-state index contributed by atoms with van der Waals surface area (Å²) in [5.74, 6) is 0. The zero-order valence-electron chi connectivity index (χ0n) is 11.8. The summed E-state index contributed by atoms with van der Waals surface area (Å²) in [5.41, 5.74) is 26.7. The zero-order valence-corrected chi connectivity index (χ0v) is 11.8. The normalized spacial score (nSPS) is 10.3. The summed E-state index contributed by atoms with van der Waals surface area (Å²) in [6, 6.07) is 0. The third kappa shape index (κ3) is 18.1. The molecule has 0 rings (SSSR count). The highest BCUT2D eigenvalue weighted by molar-refractivity contribution is 4.64. The molecule has 0 aromatic heterocycles. The number of hydrogen-bond donors (Lipinski definition) is 5. The molecule has 0 saturated heterocycles. The van der Waals surface area contributed by atoms with Crippen LogP contribution in [0.2, 0.25) is 0 Å². The van der Waals surface area contributed by atoms with Crippen LogP contribution in [-0.4, -0.2) is 52.4 Å². The number of nitrogens with two attached hydrogens (primary N) is 5. The van der Waals surface area contributed by atoms with Crippen molar-refractivity contribution in [2.45, 2.75) is 25.7 Å². The number of nitrogens with zero attached hydrogens (tertiary/aromatic N) is 1. The van der Waals surface area contributed by atoms with E-state index in [1.165, 1.54) is 12.8 Å². The van der Waals surface area contributed by atoms with Gasteiger partial charge in [-0.15, -0.1) is 0 Å². The largest absolute Gasteiger partial charge is 0.330 e. The Morgan fingerprint density at radius 3 is 1.00 bits per heavy atom. The lowest BCUT2D eigenvalue weighted by Gasteiger charge is -2.08. The second kappa shape index (κ2) is 19.1. The zero-order chi connectivity index (χ0) is 14.1. The first-order chi connectivity index (χ1) is 8.76. The summed E-state index contributed by atoms with van der Waals surface area (Å²) >= 11 is 0. The van der Waals surface area contributed by atoms with Crippen molar-refractivity contribution in [3.63, 3.8) is 0 Å². The maximum atomic E-state index is 5.37. The van der Waals surface area contributed by atoms with Crippen molar-refractivity contribution in [3.8, 4) is 0 Å². The molecule has 0 saturated carbocycles. The molecule has 0 amide bonds. The van der Waals surface area contributed by atoms with Crippen LogP contribution in [0.25, 0.3) is 0 Å². The van der Waals surface area contributed by atoms with Gasteiger partial charge in [0.05, 0.1) is 0 Å². The van der Waals surface area contributed by atoms with Crippen LogP contribution in [0.15, 0.2) is 0 Å². The van der Waals surface area contributed by atoms with Crippen LogP contribution in [-0.2, 0) is 0 Å². The van der Waals surface area contributed by atoms with Crippen molar-refractivity contribution in [2.75, 3.05) is 52.4 Å². The molecule has 18 heavy (non-hydrogen) atoms. The predicted molar refractivity (Wildman–Crippen MR) is 80.5 cm³/mol. The number of rotatable bonds is 11. The van der Waals surface area contributed by atoms with Gasteiger partial charge in [0.15, 0.2) is 0 Å². The Morgan fingerprint density at radius 2 is 0.778 bits per heavy atom. The van der Waals surface area contributed by atoms with Gasteiger partial charge < -0.3 is 28.7 Å². The van der Waals surface area contributed by atoms with Crippen LogP contribution in [0.3, 0.4) is 0 Å². The second-order valence-electron chi connectivity index (χ2n) is 4.20. The first kappa shape index (κ1) is 20.1. The van der Waals surface area contributed by atoms with E-state index in [0.717, 1.165) is 45.6 Å². The molecule has 0 bridgehead atoms. The van der Waals surface area contributed by atoms with Crippen molar-refractivity contribution in [3.05, 3.63) is 0 Å². The third-order valence-corrected chi connectivity index (χ3v) is 2.49. The maximum absolute atomic E-state index is 5.37. The molecule has 0 aromatic rings. The minimum Gasteiger partial charge on any atom is -0.330 e. The van der Waals surface area contributed by atoms with Gasteiger partial charge in [0.25, 0.3) is 0 Å². The van der Waals surface area contributed by atoms with Crippen molar-refractivity contribution in [1.29, 1.82) is 0 Å². The molecule has 6 nitrogen and oxygen atoms in total. The summed E-state index contributed by atoms with van der Waals surface area (Å²) in [4.78, 5) is 2.17. The summed E-state index contributed by atoms with van der Waals surface area (Å²) in [7, 11) is 0. The fraction of sp³-hybridized carbons (Fsp3) is 1.00. The lowest BCUT2D eigenvalue weighted by atomic mass is 10.2. The SMILES string of the molecule is NCCCCCCN.NCC[N+](CCN)CCN. The van der Waals surface area contributed by atoms with E-state index < -0.39 is 0 Å². The van der Waals surface area contributed by atoms with Crippen LogP contribution >= 0.6 is 0 Å². The molecule has 0 fully saturated rings. The van der Waals surface area contributed by atoms with Crippen molar-refractivity contribution < 1.29 is 0 Å². The van der Waals surface area contributed by atoms with Crippen LogP contribution in [0, 0.1) is 0 Å². The smallest absolute Gasteiger partial charge is 0.135 e. The summed E-state index contributed by atoms with van der Waals surface area (Å²) in [6.07, 6.45) is 4.79. The van der Waals surface area contributed by atoms with Gasteiger partial charge >= 0.3 is 0 Å². The molecule has 0 heterocycles. The predicted octanol–water partition coefficient (Wildman–Crippen LogP) is -1.53. The first-order valence-corrected chi connectivity index (χ1v) is 6.99. The molecule has 6 heteroatoms. The van der Waals surface area contributed by atoms with Crippen LogP contribution in [0.1, 0.15) is 25.7 Å². The highest BCUT2D eigenvalue weighted by atomic mass is 15.1. The molecule has 0 atom stereocenters. The molecule has 0 spiro atoms. The second-order valence-corrected chi connectivity index (χ2v) is 4.20. The Morgan fingerprint density at radius 1 is 0.444 bits per heavy atom. The van der Waals surface area contributed by atoms with Gasteiger partial charge in [-0.3, -0.25) is 0 Å². The van der Waals surface area contributed by atoms with E-state index in [1.807, 2.05) is 0 Å². The summed E-state index contributed by atoms with van der Waals surface area (Å²) < 4.78 is 0. The van der Waals surface area contributed by atoms with E-state index in [-0.39, 0.29) is 0 Å². The highest BCUT2D eigenvalue weighted by Crippen LogP contribution is 1.95. The molecular formula is C12H34N6+. The lowest BCUT2D eigenvalue weighted by molar-refractivity contribution is 0.431. The Kier molecular flexibility index (Phi) is 21.3. The van der Waals surface area contributed by atoms with E-state index in [1.54, 1.807) is 0 Å². The fourth-order valence-corrected chi connectivity index (χ4v) is 1.53. The van der Waals surface area contributed by atoms with Gasteiger partial charge in [-0.25, -0.2) is 0 Å². The Balaban J connectivity index is 0. The van der Waals surface area contributed by atoms with E-state index in [0.29, 0.717) is 19.6 Å². The van der Waals surface area contributed by atoms with Crippen LogP contribution < -0.4 is 33.6 Å². The standard InChI is InChI=1S/C6H18N4.C6H16N2/c7-1-4-10(5-2-8)6-3-9;7-5-3-1-2-4-6-8/h1-9H2;1-8H2/q+1;. The van der Waals surface area contributed by atoms with Gasteiger partial charge in [0.1, 0.15) is 19.6 Å². The molecule has 111 valence electrons. The van der Waals surface area contributed by atoms with E-state index >= 15 is 0 Å². The quantitative estimate of drug-likeness (QED) is 0.227. The third-order valence-electron chi connectivity index (χ3n) is 2.49. The monoisotopic (exact) mass is 262 g/mol. The van der Waals surface area contributed by atoms with Gasteiger partial charge in [0, 0.05) is 19.6 Å². The molecule has 1 radical (unpaired) electrons. The molecular weight excluding hydrogens is 228 g/mol. The highest BCUT2D eigenvalue weighted by Gasteiger charge is 2.09. The number of unbranched alkanes of at least 4 members (excludes halogenated alkanes) is 3. The lowest BCUT2D eigenvalue weighted by Crippen LogP contribution is -2.42. The van der Waals surface area contributed by atoms with Crippen LogP contribution in [0.5, 0.6) is 0 Å².